The molecule has 0 unspecified atom stereocenters. The molecular weight excluding hydrogens is 576 g/mol. The SMILES string of the molecule is CC(=O)Nc1ccc(S(=O)(=O)N2CCN(c3c(F)cc(N4C[C@H](CNC(=O)C(F)F)OC4=O)cc3F)CCN2)cc1. The number of cyclic esters (lactones) is 1. The number of nitrogens with one attached hydrogen (secondary N) is 3. The van der Waals surface area contributed by atoms with E-state index in [1.54, 1.807) is 0 Å². The smallest absolute Gasteiger partial charge is 0.414 e. The first-order valence-electron chi connectivity index (χ1n) is 12.3. The van der Waals surface area contributed by atoms with Gasteiger partial charge >= 0.3 is 12.5 Å². The van der Waals surface area contributed by atoms with Crippen molar-refractivity contribution in [3.05, 3.63) is 48.0 Å². The number of hydrogen-bond acceptors (Lipinski definition) is 8. The first-order valence-corrected chi connectivity index (χ1v) is 13.7. The highest BCUT2D eigenvalue weighted by atomic mass is 32.2. The Bertz CT molecular complexity index is 1410. The number of hydrogen-bond donors (Lipinski definition) is 3. The average Bonchev–Trinajstić information content (AvgIpc) is 3.10. The van der Waals surface area contributed by atoms with Crippen molar-refractivity contribution in [1.29, 1.82) is 0 Å². The summed E-state index contributed by atoms with van der Waals surface area (Å²) in [5.74, 6) is -3.90. The Balaban J connectivity index is 1.43. The molecule has 2 aromatic carbocycles. The molecule has 3 amide bonds. The molecule has 2 heterocycles. The van der Waals surface area contributed by atoms with Crippen LogP contribution in [0.1, 0.15) is 6.92 Å². The molecule has 2 aromatic rings. The monoisotopic (exact) mass is 602 g/mol. The topological polar surface area (TPSA) is 140 Å². The van der Waals surface area contributed by atoms with Gasteiger partial charge in [-0.1, -0.05) is 0 Å². The van der Waals surface area contributed by atoms with Gasteiger partial charge in [0.25, 0.3) is 15.9 Å². The average molecular weight is 603 g/mol. The van der Waals surface area contributed by atoms with Crippen LogP contribution in [0.5, 0.6) is 0 Å². The number of nitrogens with zero attached hydrogens (tertiary/aromatic N) is 3. The Hall–Kier alpha value is -3.96. The molecule has 12 nitrogen and oxygen atoms in total. The van der Waals surface area contributed by atoms with Crippen LogP contribution >= 0.6 is 0 Å². The summed E-state index contributed by atoms with van der Waals surface area (Å²) in [6.45, 7) is 0.479. The Morgan fingerprint density at radius 2 is 1.76 bits per heavy atom. The third kappa shape index (κ3) is 6.86. The van der Waals surface area contributed by atoms with Crippen molar-refractivity contribution in [2.24, 2.45) is 0 Å². The highest BCUT2D eigenvalue weighted by Gasteiger charge is 2.35. The van der Waals surface area contributed by atoms with E-state index in [9.17, 15) is 31.6 Å². The van der Waals surface area contributed by atoms with Gasteiger partial charge in [-0.15, -0.1) is 4.41 Å². The molecule has 0 aliphatic carbocycles. The fraction of sp³-hybridized carbons (Fsp3) is 0.375. The fourth-order valence-corrected chi connectivity index (χ4v) is 5.64. The third-order valence-electron chi connectivity index (χ3n) is 6.21. The highest BCUT2D eigenvalue weighted by Crippen LogP contribution is 2.31. The van der Waals surface area contributed by atoms with Crippen LogP contribution in [0, 0.1) is 11.6 Å². The molecular formula is C24H26F4N6O6S. The predicted molar refractivity (Wildman–Crippen MR) is 138 cm³/mol. The minimum Gasteiger partial charge on any atom is -0.442 e. The van der Waals surface area contributed by atoms with E-state index in [0.717, 1.165) is 21.4 Å². The maximum Gasteiger partial charge on any atom is 0.414 e. The quantitative estimate of drug-likeness (QED) is 0.388. The lowest BCUT2D eigenvalue weighted by Gasteiger charge is -2.25. The van der Waals surface area contributed by atoms with Gasteiger partial charge < -0.3 is 20.3 Å². The molecule has 17 heteroatoms. The van der Waals surface area contributed by atoms with Gasteiger partial charge in [-0.05, 0) is 24.3 Å². The first kappa shape index (κ1) is 30.0. The van der Waals surface area contributed by atoms with Gasteiger partial charge in [0.15, 0.2) is 11.6 Å². The van der Waals surface area contributed by atoms with Gasteiger partial charge in [0, 0.05) is 50.9 Å². The van der Waals surface area contributed by atoms with Crippen molar-refractivity contribution >= 4 is 45.0 Å². The zero-order valence-corrected chi connectivity index (χ0v) is 22.4. The van der Waals surface area contributed by atoms with Gasteiger partial charge in [-0.2, -0.15) is 8.78 Å². The molecule has 222 valence electrons. The Kier molecular flexibility index (Phi) is 8.98. The fourth-order valence-electron chi connectivity index (χ4n) is 4.32. The molecule has 0 bridgehead atoms. The number of carbonyl (C=O) groups excluding carboxylic acids is 3. The molecule has 0 radical (unpaired) electrons. The largest absolute Gasteiger partial charge is 0.442 e. The molecule has 3 N–H and O–H groups in total. The third-order valence-corrected chi connectivity index (χ3v) is 7.97. The lowest BCUT2D eigenvalue weighted by Crippen LogP contribution is -2.43. The minimum absolute atomic E-state index is 0.0221. The lowest BCUT2D eigenvalue weighted by atomic mass is 10.2. The molecule has 0 spiro atoms. The molecule has 2 aliphatic heterocycles. The van der Waals surface area contributed by atoms with Crippen LogP contribution < -0.4 is 25.9 Å². The number of benzene rings is 2. The second kappa shape index (κ2) is 12.3. The van der Waals surface area contributed by atoms with Crippen LogP contribution in [0.3, 0.4) is 0 Å². The zero-order chi connectivity index (χ0) is 29.9. The van der Waals surface area contributed by atoms with Crippen molar-refractivity contribution < 1.29 is 45.1 Å². The molecule has 1 atom stereocenters. The predicted octanol–water partition coefficient (Wildman–Crippen LogP) is 1.65. The number of hydrazine groups is 1. The molecule has 41 heavy (non-hydrogen) atoms. The van der Waals surface area contributed by atoms with E-state index >= 15 is 8.78 Å². The molecule has 4 rings (SSSR count). The van der Waals surface area contributed by atoms with Gasteiger partial charge in [-0.3, -0.25) is 14.5 Å². The van der Waals surface area contributed by atoms with Crippen LogP contribution in [-0.4, -0.2) is 82.5 Å². The minimum atomic E-state index is -4.03. The lowest BCUT2D eigenvalue weighted by molar-refractivity contribution is -0.132. The number of anilines is 3. The summed E-state index contributed by atoms with van der Waals surface area (Å²) in [6, 6.07) is 7.32. The summed E-state index contributed by atoms with van der Waals surface area (Å²) in [5.41, 5.74) is 2.54. The number of ether oxygens (including phenoxy) is 1. The molecule has 2 aliphatic rings. The Labute approximate surface area is 232 Å². The van der Waals surface area contributed by atoms with Crippen LogP contribution in [0.2, 0.25) is 0 Å². The maximum absolute atomic E-state index is 15.2. The molecule has 2 saturated heterocycles. The van der Waals surface area contributed by atoms with Crippen LogP contribution in [0.15, 0.2) is 41.3 Å². The summed E-state index contributed by atoms with van der Waals surface area (Å²) in [5, 5.41) is 4.45. The number of sulfonamides is 1. The van der Waals surface area contributed by atoms with Gasteiger partial charge in [0.1, 0.15) is 11.8 Å². The summed E-state index contributed by atoms with van der Waals surface area (Å²) in [4.78, 5) is 36.6. The number of halogens is 4. The number of rotatable bonds is 8. The van der Waals surface area contributed by atoms with Crippen LogP contribution in [0.4, 0.5) is 39.4 Å². The Morgan fingerprint density at radius 1 is 1.10 bits per heavy atom. The number of amides is 3. The summed E-state index contributed by atoms with van der Waals surface area (Å²) >= 11 is 0. The Morgan fingerprint density at radius 3 is 2.37 bits per heavy atom. The van der Waals surface area contributed by atoms with E-state index < -0.39 is 58.4 Å². The van der Waals surface area contributed by atoms with Crippen molar-refractivity contribution in [2.75, 3.05) is 54.4 Å². The highest BCUT2D eigenvalue weighted by molar-refractivity contribution is 7.89. The second-order valence-corrected chi connectivity index (χ2v) is 11.0. The zero-order valence-electron chi connectivity index (χ0n) is 21.6. The molecule has 0 aromatic heterocycles. The summed E-state index contributed by atoms with van der Waals surface area (Å²) < 4.78 is 87.3. The van der Waals surface area contributed by atoms with Gasteiger partial charge in [0.05, 0.1) is 23.7 Å². The maximum atomic E-state index is 15.2. The van der Waals surface area contributed by atoms with E-state index in [0.29, 0.717) is 5.69 Å². The van der Waals surface area contributed by atoms with Crippen LogP contribution in [0.25, 0.3) is 0 Å². The molecule has 0 saturated carbocycles. The van der Waals surface area contributed by atoms with E-state index in [4.69, 9.17) is 4.74 Å². The molecule has 2 fully saturated rings. The summed E-state index contributed by atoms with van der Waals surface area (Å²) in [7, 11) is -4.03. The van der Waals surface area contributed by atoms with E-state index in [1.165, 1.54) is 36.1 Å². The summed E-state index contributed by atoms with van der Waals surface area (Å²) in [6.07, 6.45) is -5.23. The van der Waals surface area contributed by atoms with E-state index in [1.807, 2.05) is 5.32 Å². The van der Waals surface area contributed by atoms with E-state index in [-0.39, 0.29) is 49.2 Å². The standard InChI is InChI=1S/C24H26F4N6O6S/c1-14(35)31-15-2-4-18(5-3-15)41(38,39)34-9-8-32(7-6-30-34)21-19(25)10-16(11-20(21)26)33-13-17(40-24(33)37)12-29-23(36)22(27)28/h2-5,10-11,17,22,30H,6-9,12-13H2,1H3,(H,29,36)(H,31,35)/t17-/m0/s1. The van der Waals surface area contributed by atoms with E-state index in [2.05, 4.69) is 10.7 Å². The van der Waals surface area contributed by atoms with Gasteiger partial charge in [-0.25, -0.2) is 27.4 Å². The number of carbonyl (C=O) groups is 3. The number of alkyl halides is 2. The van der Waals surface area contributed by atoms with Crippen LogP contribution in [-0.2, 0) is 24.3 Å². The van der Waals surface area contributed by atoms with Crippen molar-refractivity contribution in [1.82, 2.24) is 15.2 Å². The van der Waals surface area contributed by atoms with Crippen molar-refractivity contribution in [3.63, 3.8) is 0 Å². The van der Waals surface area contributed by atoms with Crippen molar-refractivity contribution in [3.8, 4) is 0 Å². The van der Waals surface area contributed by atoms with Crippen molar-refractivity contribution in [2.45, 2.75) is 24.3 Å². The second-order valence-electron chi connectivity index (χ2n) is 9.10. The van der Waals surface area contributed by atoms with Gasteiger partial charge in [0.2, 0.25) is 5.91 Å². The first-order chi connectivity index (χ1) is 19.4. The normalized spacial score (nSPS) is 18.3.